The molecule has 1 atom stereocenters. The largest absolute Gasteiger partial charge is 0.496 e. The van der Waals surface area contributed by atoms with Crippen LogP contribution >= 0.6 is 0 Å². The van der Waals surface area contributed by atoms with Crippen LogP contribution < -0.4 is 4.74 Å². The van der Waals surface area contributed by atoms with Gasteiger partial charge in [-0.3, -0.25) is 9.80 Å². The first-order valence-corrected chi connectivity index (χ1v) is 10.4. The fourth-order valence-corrected chi connectivity index (χ4v) is 3.89. The number of aromatic nitrogens is 4. The highest BCUT2D eigenvalue weighted by Crippen LogP contribution is 2.29. The smallest absolute Gasteiger partial charge is 0.168 e. The Hall–Kier alpha value is -1.99. The summed E-state index contributed by atoms with van der Waals surface area (Å²) < 4.78 is 7.54. The van der Waals surface area contributed by atoms with Crippen LogP contribution in [0.4, 0.5) is 0 Å². The molecule has 0 unspecified atom stereocenters. The van der Waals surface area contributed by atoms with Gasteiger partial charge in [0.1, 0.15) is 5.75 Å². The number of piperazine rings is 1. The standard InChI is InChI=1S/C21H34N6O/c1-6-18(20-22-23-24-27(20)21(3,4)7-2)26-14-12-25(13-15-26)16-17-10-8-9-11-19(17)28-5/h8-11,18H,6-7,12-16H2,1-5H3/t18-/m1/s1. The van der Waals surface area contributed by atoms with Crippen molar-refractivity contribution in [2.75, 3.05) is 33.3 Å². The van der Waals surface area contributed by atoms with Gasteiger partial charge in [-0.05, 0) is 43.2 Å². The maximum absolute atomic E-state index is 5.51. The average molecular weight is 387 g/mol. The Morgan fingerprint density at radius 1 is 1.11 bits per heavy atom. The van der Waals surface area contributed by atoms with Crippen LogP contribution in [0.3, 0.4) is 0 Å². The minimum absolute atomic E-state index is 0.0715. The maximum atomic E-state index is 5.51. The number of nitrogens with zero attached hydrogens (tertiary/aromatic N) is 6. The number of tetrazole rings is 1. The molecule has 0 radical (unpaired) electrons. The van der Waals surface area contributed by atoms with E-state index in [-0.39, 0.29) is 11.6 Å². The molecular formula is C21H34N6O. The first kappa shape index (κ1) is 20.7. The van der Waals surface area contributed by atoms with Crippen molar-refractivity contribution in [1.29, 1.82) is 0 Å². The van der Waals surface area contributed by atoms with Gasteiger partial charge in [0.25, 0.3) is 0 Å². The first-order valence-electron chi connectivity index (χ1n) is 10.4. The molecule has 1 aromatic carbocycles. The van der Waals surface area contributed by atoms with E-state index in [2.05, 4.69) is 65.2 Å². The Balaban J connectivity index is 1.66. The normalized spacial score (nSPS) is 17.6. The number of hydrogen-bond acceptors (Lipinski definition) is 6. The minimum Gasteiger partial charge on any atom is -0.496 e. The predicted molar refractivity (Wildman–Crippen MR) is 110 cm³/mol. The Morgan fingerprint density at radius 2 is 1.82 bits per heavy atom. The summed E-state index contributed by atoms with van der Waals surface area (Å²) in [5.41, 5.74) is 1.18. The van der Waals surface area contributed by atoms with Gasteiger partial charge in [-0.1, -0.05) is 32.0 Å². The van der Waals surface area contributed by atoms with Gasteiger partial charge in [0.15, 0.2) is 5.82 Å². The molecule has 0 bridgehead atoms. The summed E-state index contributed by atoms with van der Waals surface area (Å²) in [5.74, 6) is 1.96. The summed E-state index contributed by atoms with van der Waals surface area (Å²) in [6.45, 7) is 13.8. The Bertz CT molecular complexity index is 751. The second-order valence-corrected chi connectivity index (χ2v) is 8.16. The fourth-order valence-electron chi connectivity index (χ4n) is 3.89. The zero-order valence-electron chi connectivity index (χ0n) is 17.9. The molecule has 0 spiro atoms. The number of para-hydroxylation sites is 1. The van der Waals surface area contributed by atoms with Crippen molar-refractivity contribution in [3.05, 3.63) is 35.7 Å². The van der Waals surface area contributed by atoms with Gasteiger partial charge in [-0.2, -0.15) is 0 Å². The van der Waals surface area contributed by atoms with E-state index in [0.717, 1.165) is 57.1 Å². The molecule has 1 aliphatic heterocycles. The third-order valence-electron chi connectivity index (χ3n) is 6.05. The molecule has 1 aliphatic rings. The Kier molecular flexibility index (Phi) is 6.67. The Morgan fingerprint density at radius 3 is 2.46 bits per heavy atom. The van der Waals surface area contributed by atoms with Crippen molar-refractivity contribution < 1.29 is 4.74 Å². The van der Waals surface area contributed by atoms with Crippen molar-refractivity contribution in [2.45, 2.75) is 58.7 Å². The number of benzene rings is 1. The number of ether oxygens (including phenoxy) is 1. The lowest BCUT2D eigenvalue weighted by atomic mass is 10.0. The van der Waals surface area contributed by atoms with Crippen LogP contribution in [0.5, 0.6) is 5.75 Å². The molecular weight excluding hydrogens is 352 g/mol. The summed E-state index contributed by atoms with van der Waals surface area (Å²) in [4.78, 5) is 5.03. The summed E-state index contributed by atoms with van der Waals surface area (Å²) in [6, 6.07) is 8.55. The summed E-state index contributed by atoms with van der Waals surface area (Å²) in [5, 5.41) is 12.7. The maximum Gasteiger partial charge on any atom is 0.168 e. The quantitative estimate of drug-likeness (QED) is 0.695. The van der Waals surface area contributed by atoms with Crippen molar-refractivity contribution in [3.63, 3.8) is 0 Å². The molecule has 28 heavy (non-hydrogen) atoms. The van der Waals surface area contributed by atoms with E-state index in [4.69, 9.17) is 4.74 Å². The Labute approximate surface area is 168 Å². The fraction of sp³-hybridized carbons (Fsp3) is 0.667. The molecule has 2 heterocycles. The molecule has 3 rings (SSSR count). The third kappa shape index (κ3) is 4.36. The van der Waals surface area contributed by atoms with Crippen molar-refractivity contribution >= 4 is 0 Å². The molecule has 0 aliphatic carbocycles. The molecule has 0 N–H and O–H groups in total. The molecule has 154 valence electrons. The number of methoxy groups -OCH3 is 1. The highest BCUT2D eigenvalue weighted by Gasteiger charge is 2.32. The van der Waals surface area contributed by atoms with Crippen LogP contribution in [0.25, 0.3) is 0 Å². The molecule has 1 fully saturated rings. The van der Waals surface area contributed by atoms with E-state index < -0.39 is 0 Å². The molecule has 1 saturated heterocycles. The predicted octanol–water partition coefficient (Wildman–Crippen LogP) is 3.10. The molecule has 7 heteroatoms. The highest BCUT2D eigenvalue weighted by molar-refractivity contribution is 5.33. The van der Waals surface area contributed by atoms with Gasteiger partial charge in [-0.15, -0.1) is 5.10 Å². The molecule has 7 nitrogen and oxygen atoms in total. The SMILES string of the molecule is CC[C@H](c1nnnn1C(C)(C)CC)N1CCN(Cc2ccccc2OC)CC1. The first-order chi connectivity index (χ1) is 13.5. The van der Waals surface area contributed by atoms with Crippen LogP contribution in [0.15, 0.2) is 24.3 Å². The van der Waals surface area contributed by atoms with Gasteiger partial charge in [0.05, 0.1) is 18.7 Å². The topological polar surface area (TPSA) is 59.3 Å². The third-order valence-corrected chi connectivity index (χ3v) is 6.05. The molecule has 2 aromatic rings. The van der Waals surface area contributed by atoms with Crippen LogP contribution in [0.2, 0.25) is 0 Å². The molecule has 1 aromatic heterocycles. The zero-order valence-corrected chi connectivity index (χ0v) is 17.9. The van der Waals surface area contributed by atoms with Crippen molar-refractivity contribution in [3.8, 4) is 5.75 Å². The van der Waals surface area contributed by atoms with Crippen LogP contribution in [-0.2, 0) is 12.1 Å². The van der Waals surface area contributed by atoms with Gasteiger partial charge in [0, 0.05) is 38.3 Å². The van der Waals surface area contributed by atoms with Gasteiger partial charge in [0.2, 0.25) is 0 Å². The van der Waals surface area contributed by atoms with Crippen molar-refractivity contribution in [2.24, 2.45) is 0 Å². The van der Waals surface area contributed by atoms with E-state index in [9.17, 15) is 0 Å². The number of rotatable bonds is 8. The zero-order chi connectivity index (χ0) is 20.1. The second-order valence-electron chi connectivity index (χ2n) is 8.16. The van der Waals surface area contributed by atoms with Crippen LogP contribution in [0, 0.1) is 0 Å². The molecule has 0 saturated carbocycles. The summed E-state index contributed by atoms with van der Waals surface area (Å²) in [7, 11) is 1.74. The lowest BCUT2D eigenvalue weighted by Gasteiger charge is -2.39. The van der Waals surface area contributed by atoms with E-state index in [1.165, 1.54) is 5.56 Å². The average Bonchev–Trinajstić information content (AvgIpc) is 3.21. The lowest BCUT2D eigenvalue weighted by Crippen LogP contribution is -2.48. The lowest BCUT2D eigenvalue weighted by molar-refractivity contribution is 0.0808. The van der Waals surface area contributed by atoms with Gasteiger partial charge >= 0.3 is 0 Å². The second kappa shape index (κ2) is 9.01. The monoisotopic (exact) mass is 386 g/mol. The summed E-state index contributed by atoms with van der Waals surface area (Å²) >= 11 is 0. The van der Waals surface area contributed by atoms with E-state index in [1.807, 2.05) is 16.8 Å². The molecule has 0 amide bonds. The van der Waals surface area contributed by atoms with E-state index in [0.29, 0.717) is 0 Å². The number of hydrogen-bond donors (Lipinski definition) is 0. The van der Waals surface area contributed by atoms with Gasteiger partial charge < -0.3 is 4.74 Å². The van der Waals surface area contributed by atoms with Crippen molar-refractivity contribution in [1.82, 2.24) is 30.0 Å². The summed E-state index contributed by atoms with van der Waals surface area (Å²) in [6.07, 6.45) is 2.00. The van der Waals surface area contributed by atoms with E-state index in [1.54, 1.807) is 7.11 Å². The minimum atomic E-state index is -0.0715. The van der Waals surface area contributed by atoms with Gasteiger partial charge in [-0.25, -0.2) is 4.68 Å². The highest BCUT2D eigenvalue weighted by atomic mass is 16.5. The van der Waals surface area contributed by atoms with E-state index >= 15 is 0 Å². The van der Waals surface area contributed by atoms with Crippen LogP contribution in [-0.4, -0.2) is 63.3 Å². The van der Waals surface area contributed by atoms with Crippen LogP contribution in [0.1, 0.15) is 58.0 Å².